The highest BCUT2D eigenvalue weighted by molar-refractivity contribution is 6.30. The minimum absolute atomic E-state index is 0.250. The zero-order chi connectivity index (χ0) is 19.6. The number of alkyl halides is 1. The lowest BCUT2D eigenvalue weighted by Crippen LogP contribution is -2.10. The first kappa shape index (κ1) is 22.6. The maximum Gasteiger partial charge on any atom is 0.139 e. The lowest BCUT2D eigenvalue weighted by molar-refractivity contribution is 0.527. The molecule has 2 fully saturated rings. The molecule has 0 spiro atoms. The molecule has 146 valence electrons. The first-order chi connectivity index (χ1) is 12.5. The second kappa shape index (κ2) is 11.3. The van der Waals surface area contributed by atoms with Gasteiger partial charge in [-0.1, -0.05) is 51.4 Å². The molecule has 5 heteroatoms. The molecule has 26 heavy (non-hydrogen) atoms. The van der Waals surface area contributed by atoms with Gasteiger partial charge in [0, 0.05) is 16.5 Å². The standard InChI is InChI=1S/C9H13N3.C8H9Cl.C2H5F.C2H6/c1-9(4-5-9)8-11-10-6-12(8)7-2-3-7;1-2-7-3-5-8(9)6-4-7;1-2-3;1-2/h6-7H,2-5H2,1H3;3-6H,2H2,1H3;2H2,1H3;1-2H3. The second-order valence-corrected chi connectivity index (χ2v) is 7.04. The summed E-state index contributed by atoms with van der Waals surface area (Å²) in [6.07, 6.45) is 8.20. The minimum Gasteiger partial charge on any atom is -0.314 e. The average Bonchev–Trinajstić information content (AvgIpc) is 3.59. The van der Waals surface area contributed by atoms with Gasteiger partial charge in [0.1, 0.15) is 12.2 Å². The van der Waals surface area contributed by atoms with E-state index in [9.17, 15) is 4.39 Å². The summed E-state index contributed by atoms with van der Waals surface area (Å²) in [5.74, 6) is 1.23. The number of rotatable bonds is 3. The van der Waals surface area contributed by atoms with Crippen LogP contribution in [0.25, 0.3) is 0 Å². The van der Waals surface area contributed by atoms with Crippen molar-refractivity contribution >= 4 is 11.6 Å². The van der Waals surface area contributed by atoms with Crippen LogP contribution in [0.3, 0.4) is 0 Å². The summed E-state index contributed by atoms with van der Waals surface area (Å²) in [6, 6.07) is 8.65. The summed E-state index contributed by atoms with van der Waals surface area (Å²) < 4.78 is 12.6. The molecule has 0 atom stereocenters. The van der Waals surface area contributed by atoms with Gasteiger partial charge >= 0.3 is 0 Å². The zero-order valence-corrected chi connectivity index (χ0v) is 17.6. The van der Waals surface area contributed by atoms with Crippen molar-refractivity contribution in [1.29, 1.82) is 0 Å². The molecule has 1 aromatic heterocycles. The molecule has 2 aliphatic carbocycles. The van der Waals surface area contributed by atoms with Gasteiger partial charge in [-0.2, -0.15) is 0 Å². The third kappa shape index (κ3) is 7.06. The van der Waals surface area contributed by atoms with Crippen LogP contribution in [0.1, 0.15) is 77.7 Å². The molecule has 2 aromatic rings. The molecule has 0 saturated heterocycles. The van der Waals surface area contributed by atoms with Crippen molar-refractivity contribution in [2.45, 2.75) is 78.2 Å². The molecular weight excluding hydrogens is 349 g/mol. The number of nitrogens with zero attached hydrogens (tertiary/aromatic N) is 3. The number of aryl methyl sites for hydroxylation is 1. The van der Waals surface area contributed by atoms with Crippen LogP contribution in [0.4, 0.5) is 4.39 Å². The Morgan fingerprint density at radius 2 is 1.69 bits per heavy atom. The minimum atomic E-state index is -0.250. The molecule has 2 saturated carbocycles. The molecule has 0 N–H and O–H groups in total. The number of benzene rings is 1. The van der Waals surface area contributed by atoms with Crippen molar-refractivity contribution in [3.8, 4) is 0 Å². The van der Waals surface area contributed by atoms with Crippen LogP contribution in [0.5, 0.6) is 0 Å². The van der Waals surface area contributed by atoms with Gasteiger partial charge in [0.15, 0.2) is 0 Å². The topological polar surface area (TPSA) is 30.7 Å². The third-order valence-corrected chi connectivity index (χ3v) is 4.63. The van der Waals surface area contributed by atoms with E-state index >= 15 is 0 Å². The van der Waals surface area contributed by atoms with Crippen LogP contribution in [0.2, 0.25) is 5.02 Å². The molecule has 1 heterocycles. The van der Waals surface area contributed by atoms with Crippen LogP contribution in [-0.2, 0) is 11.8 Å². The predicted molar refractivity (Wildman–Crippen MR) is 109 cm³/mol. The molecule has 0 radical (unpaired) electrons. The summed E-state index contributed by atoms with van der Waals surface area (Å²) in [4.78, 5) is 0. The first-order valence-corrected chi connectivity index (χ1v) is 10.1. The highest BCUT2D eigenvalue weighted by Gasteiger charge is 2.45. The van der Waals surface area contributed by atoms with Crippen molar-refractivity contribution < 1.29 is 4.39 Å². The maximum absolute atomic E-state index is 10.3. The van der Waals surface area contributed by atoms with Gasteiger partial charge in [0.2, 0.25) is 0 Å². The lowest BCUT2D eigenvalue weighted by Gasteiger charge is -2.08. The van der Waals surface area contributed by atoms with Crippen molar-refractivity contribution in [2.75, 3.05) is 6.67 Å². The third-order valence-electron chi connectivity index (χ3n) is 4.37. The van der Waals surface area contributed by atoms with E-state index in [2.05, 4.69) is 28.6 Å². The van der Waals surface area contributed by atoms with Crippen LogP contribution >= 0.6 is 11.6 Å². The number of aromatic nitrogens is 3. The Kier molecular flexibility index (Phi) is 9.85. The molecule has 0 aliphatic heterocycles. The van der Waals surface area contributed by atoms with E-state index < -0.39 is 0 Å². The molecule has 4 rings (SSSR count). The fraction of sp³-hybridized carbons (Fsp3) is 0.619. The number of hydrogen-bond acceptors (Lipinski definition) is 2. The molecule has 0 amide bonds. The normalized spacial score (nSPS) is 16.1. The van der Waals surface area contributed by atoms with E-state index in [1.54, 1.807) is 0 Å². The van der Waals surface area contributed by atoms with Crippen LogP contribution in [0, 0.1) is 0 Å². The van der Waals surface area contributed by atoms with E-state index in [1.807, 2.05) is 44.4 Å². The van der Waals surface area contributed by atoms with Crippen molar-refractivity contribution in [3.63, 3.8) is 0 Å². The van der Waals surface area contributed by atoms with Gasteiger partial charge in [-0.05, 0) is 56.7 Å². The van der Waals surface area contributed by atoms with Gasteiger partial charge in [-0.15, -0.1) is 10.2 Å². The Labute approximate surface area is 163 Å². The lowest BCUT2D eigenvalue weighted by atomic mass is 10.1. The van der Waals surface area contributed by atoms with E-state index in [4.69, 9.17) is 11.6 Å². The Morgan fingerprint density at radius 1 is 1.15 bits per heavy atom. The second-order valence-electron chi connectivity index (χ2n) is 6.60. The summed E-state index contributed by atoms with van der Waals surface area (Å²) in [6.45, 7) is 9.62. The Bertz CT molecular complexity index is 616. The summed E-state index contributed by atoms with van der Waals surface area (Å²) in [5, 5.41) is 9.04. The predicted octanol–water partition coefficient (Wildman–Crippen LogP) is 6.57. The summed E-state index contributed by atoms with van der Waals surface area (Å²) in [5.41, 5.74) is 1.71. The smallest absolute Gasteiger partial charge is 0.139 e. The van der Waals surface area contributed by atoms with E-state index in [-0.39, 0.29) is 6.67 Å². The Morgan fingerprint density at radius 3 is 2.12 bits per heavy atom. The summed E-state index contributed by atoms with van der Waals surface area (Å²) in [7, 11) is 0. The van der Waals surface area contributed by atoms with Crippen molar-refractivity contribution in [3.05, 3.63) is 47.0 Å². The van der Waals surface area contributed by atoms with Gasteiger partial charge in [0.25, 0.3) is 0 Å². The van der Waals surface area contributed by atoms with Gasteiger partial charge < -0.3 is 4.57 Å². The largest absolute Gasteiger partial charge is 0.314 e. The quantitative estimate of drug-likeness (QED) is 0.601. The highest BCUT2D eigenvalue weighted by Crippen LogP contribution is 2.49. The highest BCUT2D eigenvalue weighted by atomic mass is 35.5. The molecule has 1 aromatic carbocycles. The molecule has 0 bridgehead atoms. The number of halogens is 2. The molecule has 0 unspecified atom stereocenters. The fourth-order valence-corrected chi connectivity index (χ4v) is 2.55. The van der Waals surface area contributed by atoms with Crippen LogP contribution in [0.15, 0.2) is 30.6 Å². The molecule has 2 aliphatic rings. The fourth-order valence-electron chi connectivity index (χ4n) is 2.43. The van der Waals surface area contributed by atoms with Crippen molar-refractivity contribution in [1.82, 2.24) is 14.8 Å². The van der Waals surface area contributed by atoms with E-state index in [1.165, 1.54) is 44.0 Å². The van der Waals surface area contributed by atoms with Crippen LogP contribution in [-0.4, -0.2) is 21.4 Å². The maximum atomic E-state index is 10.3. The van der Waals surface area contributed by atoms with Gasteiger partial charge in [-0.25, -0.2) is 0 Å². The average molecular weight is 382 g/mol. The monoisotopic (exact) mass is 381 g/mol. The first-order valence-electron chi connectivity index (χ1n) is 9.74. The van der Waals surface area contributed by atoms with E-state index in [0.29, 0.717) is 5.41 Å². The van der Waals surface area contributed by atoms with Crippen LogP contribution < -0.4 is 0 Å². The summed E-state index contributed by atoms with van der Waals surface area (Å²) >= 11 is 5.67. The SMILES string of the molecule is CC.CC1(c2nncn2C2CC2)CC1.CCF.CCc1ccc(Cl)cc1. The zero-order valence-electron chi connectivity index (χ0n) is 16.8. The molecule has 3 nitrogen and oxygen atoms in total. The Balaban J connectivity index is 0.000000216. The molecular formula is C21H33ClFN3. The van der Waals surface area contributed by atoms with Gasteiger partial charge in [0.05, 0.1) is 6.67 Å². The Hall–Kier alpha value is -1.42. The van der Waals surface area contributed by atoms with Gasteiger partial charge in [-0.3, -0.25) is 4.39 Å². The van der Waals surface area contributed by atoms with E-state index in [0.717, 1.165) is 17.5 Å². The van der Waals surface area contributed by atoms with Crippen molar-refractivity contribution in [2.24, 2.45) is 0 Å². The number of hydrogen-bond donors (Lipinski definition) is 0.